The van der Waals surface area contributed by atoms with Gasteiger partial charge in [-0.05, 0) is 39.7 Å². The average Bonchev–Trinajstić information content (AvgIpc) is 2.83. The van der Waals surface area contributed by atoms with Crippen LogP contribution in [0.3, 0.4) is 0 Å². The Labute approximate surface area is 113 Å². The monoisotopic (exact) mass is 269 g/mol. The Morgan fingerprint density at radius 3 is 2.63 bits per heavy atom. The van der Waals surface area contributed by atoms with E-state index in [0.29, 0.717) is 19.0 Å². The molecule has 0 radical (unpaired) electrons. The number of hydrogen-bond acceptors (Lipinski definition) is 3. The molecular weight excluding hydrogens is 246 g/mol. The average molecular weight is 269 g/mol. The van der Waals surface area contributed by atoms with E-state index in [1.54, 1.807) is 0 Å². The van der Waals surface area contributed by atoms with E-state index in [4.69, 9.17) is 5.11 Å². The summed E-state index contributed by atoms with van der Waals surface area (Å²) in [5, 5.41) is 12.1. The molecule has 3 atom stereocenters. The molecule has 0 bridgehead atoms. The Bertz CT molecular complexity index is 361. The van der Waals surface area contributed by atoms with Crippen LogP contribution in [0.1, 0.15) is 32.6 Å². The van der Waals surface area contributed by atoms with Crippen LogP contribution >= 0.6 is 0 Å². The van der Waals surface area contributed by atoms with Crippen LogP contribution < -0.4 is 5.32 Å². The third-order valence-electron chi connectivity index (χ3n) is 4.33. The van der Waals surface area contributed by atoms with Crippen molar-refractivity contribution in [2.45, 2.75) is 50.7 Å². The minimum Gasteiger partial charge on any atom is -0.480 e. The van der Waals surface area contributed by atoms with Crippen molar-refractivity contribution < 1.29 is 14.7 Å². The number of nitrogens with one attached hydrogen (secondary N) is 1. The number of carbonyl (C=O) groups is 2. The molecular formula is C13H23N3O3. The summed E-state index contributed by atoms with van der Waals surface area (Å²) in [7, 11) is 2.09. The van der Waals surface area contributed by atoms with Gasteiger partial charge in [0.2, 0.25) is 0 Å². The number of rotatable bonds is 2. The zero-order chi connectivity index (χ0) is 14.0. The number of piperidine rings is 1. The van der Waals surface area contributed by atoms with Crippen molar-refractivity contribution in [3.8, 4) is 0 Å². The molecule has 2 aliphatic rings. The second-order valence-electron chi connectivity index (χ2n) is 5.69. The molecule has 2 heterocycles. The van der Waals surface area contributed by atoms with E-state index in [1.165, 1.54) is 4.90 Å². The van der Waals surface area contributed by atoms with Crippen molar-refractivity contribution in [3.63, 3.8) is 0 Å². The summed E-state index contributed by atoms with van der Waals surface area (Å²) in [6, 6.07) is -0.253. The Morgan fingerprint density at radius 2 is 2.00 bits per heavy atom. The van der Waals surface area contributed by atoms with Crippen molar-refractivity contribution >= 4 is 12.0 Å². The highest BCUT2D eigenvalue weighted by Gasteiger charge is 2.35. The van der Waals surface area contributed by atoms with E-state index < -0.39 is 12.0 Å². The van der Waals surface area contributed by atoms with Gasteiger partial charge >= 0.3 is 12.0 Å². The summed E-state index contributed by atoms with van der Waals surface area (Å²) in [5.74, 6) is -0.899. The van der Waals surface area contributed by atoms with Gasteiger partial charge in [0.15, 0.2) is 0 Å². The number of hydrogen-bond donors (Lipinski definition) is 2. The molecule has 0 aromatic carbocycles. The summed E-state index contributed by atoms with van der Waals surface area (Å²) in [4.78, 5) is 27.0. The predicted molar refractivity (Wildman–Crippen MR) is 71.0 cm³/mol. The fourth-order valence-electron chi connectivity index (χ4n) is 2.94. The molecule has 2 fully saturated rings. The van der Waals surface area contributed by atoms with E-state index in [1.807, 2.05) is 0 Å². The third kappa shape index (κ3) is 3.18. The van der Waals surface area contributed by atoms with Gasteiger partial charge in [0, 0.05) is 25.2 Å². The highest BCUT2D eigenvalue weighted by molar-refractivity contribution is 5.83. The largest absolute Gasteiger partial charge is 0.480 e. The number of carbonyl (C=O) groups excluding carboxylic acids is 1. The molecule has 0 saturated carbocycles. The van der Waals surface area contributed by atoms with Crippen LogP contribution in [0.2, 0.25) is 0 Å². The van der Waals surface area contributed by atoms with Gasteiger partial charge in [0.1, 0.15) is 6.04 Å². The van der Waals surface area contributed by atoms with Gasteiger partial charge in [-0.3, -0.25) is 0 Å². The fourth-order valence-corrected chi connectivity index (χ4v) is 2.94. The van der Waals surface area contributed by atoms with Crippen molar-refractivity contribution in [2.24, 2.45) is 0 Å². The number of likely N-dealkylation sites (tertiary alicyclic amines) is 2. The van der Waals surface area contributed by atoms with Gasteiger partial charge < -0.3 is 20.2 Å². The Balaban J connectivity index is 1.89. The van der Waals surface area contributed by atoms with Crippen LogP contribution in [0.15, 0.2) is 0 Å². The quantitative estimate of drug-likeness (QED) is 0.775. The van der Waals surface area contributed by atoms with E-state index in [0.717, 1.165) is 25.8 Å². The lowest BCUT2D eigenvalue weighted by Gasteiger charge is -2.36. The lowest BCUT2D eigenvalue weighted by molar-refractivity contribution is -0.141. The number of aliphatic carboxylic acids is 1. The molecule has 2 unspecified atom stereocenters. The molecule has 6 heteroatoms. The smallest absolute Gasteiger partial charge is 0.326 e. The van der Waals surface area contributed by atoms with Crippen molar-refractivity contribution in [1.82, 2.24) is 15.1 Å². The van der Waals surface area contributed by atoms with Crippen LogP contribution in [-0.4, -0.2) is 65.2 Å². The van der Waals surface area contributed by atoms with Gasteiger partial charge in [0.05, 0.1) is 0 Å². The third-order valence-corrected chi connectivity index (χ3v) is 4.33. The normalized spacial score (nSPS) is 32.3. The number of nitrogens with zero attached hydrogens (tertiary/aromatic N) is 2. The van der Waals surface area contributed by atoms with Crippen molar-refractivity contribution in [3.05, 3.63) is 0 Å². The summed E-state index contributed by atoms with van der Waals surface area (Å²) in [6.07, 6.45) is 3.19. The maximum Gasteiger partial charge on any atom is 0.326 e. The summed E-state index contributed by atoms with van der Waals surface area (Å²) in [5.41, 5.74) is 0. The zero-order valence-corrected chi connectivity index (χ0v) is 11.6. The molecule has 2 saturated heterocycles. The van der Waals surface area contributed by atoms with Gasteiger partial charge in [0.25, 0.3) is 0 Å². The summed E-state index contributed by atoms with van der Waals surface area (Å²) in [6.45, 7) is 3.66. The number of urea groups is 1. The zero-order valence-electron chi connectivity index (χ0n) is 11.6. The summed E-state index contributed by atoms with van der Waals surface area (Å²) < 4.78 is 0. The highest BCUT2D eigenvalue weighted by atomic mass is 16.4. The first-order valence-electron chi connectivity index (χ1n) is 6.99. The molecule has 19 heavy (non-hydrogen) atoms. The molecule has 2 aliphatic heterocycles. The van der Waals surface area contributed by atoms with E-state index in [2.05, 4.69) is 24.2 Å². The Morgan fingerprint density at radius 1 is 1.26 bits per heavy atom. The molecule has 0 aromatic rings. The van der Waals surface area contributed by atoms with Crippen molar-refractivity contribution in [2.75, 3.05) is 20.1 Å². The molecule has 0 aliphatic carbocycles. The van der Waals surface area contributed by atoms with Gasteiger partial charge in [-0.1, -0.05) is 0 Å². The minimum absolute atomic E-state index is 0.161. The van der Waals surface area contributed by atoms with Gasteiger partial charge in [-0.2, -0.15) is 0 Å². The minimum atomic E-state index is -0.899. The molecule has 108 valence electrons. The van der Waals surface area contributed by atoms with Crippen LogP contribution in [0.4, 0.5) is 4.79 Å². The van der Waals surface area contributed by atoms with Crippen LogP contribution in [0, 0.1) is 0 Å². The van der Waals surface area contributed by atoms with E-state index in [9.17, 15) is 9.59 Å². The van der Waals surface area contributed by atoms with Crippen LogP contribution in [0.25, 0.3) is 0 Å². The SMILES string of the molecule is CC1CC(NC(=O)N2CCC[C@@H]2C(=O)O)CCN1C. The second kappa shape index (κ2) is 5.77. The summed E-state index contributed by atoms with van der Waals surface area (Å²) >= 11 is 0. The van der Waals surface area contributed by atoms with Crippen LogP contribution in [0.5, 0.6) is 0 Å². The number of carboxylic acid groups (broad SMARTS) is 1. The second-order valence-corrected chi connectivity index (χ2v) is 5.69. The lowest BCUT2D eigenvalue weighted by atomic mass is 9.99. The highest BCUT2D eigenvalue weighted by Crippen LogP contribution is 2.19. The number of carboxylic acids is 1. The van der Waals surface area contributed by atoms with E-state index >= 15 is 0 Å². The first-order valence-corrected chi connectivity index (χ1v) is 6.99. The standard InChI is InChI=1S/C13H23N3O3/c1-9-8-10(5-7-15(9)2)14-13(19)16-6-3-4-11(16)12(17)18/h9-11H,3-8H2,1-2H3,(H,14,19)(H,17,18)/t9?,10?,11-/m1/s1. The number of amides is 2. The molecule has 6 nitrogen and oxygen atoms in total. The molecule has 0 aromatic heterocycles. The lowest BCUT2D eigenvalue weighted by Crippen LogP contribution is -2.52. The van der Waals surface area contributed by atoms with Gasteiger partial charge in [-0.15, -0.1) is 0 Å². The maximum absolute atomic E-state index is 12.2. The molecule has 2 amide bonds. The Hall–Kier alpha value is -1.30. The topological polar surface area (TPSA) is 72.9 Å². The predicted octanol–water partition coefficient (Wildman–Crippen LogP) is 0.728. The fraction of sp³-hybridized carbons (Fsp3) is 0.846. The Kier molecular flexibility index (Phi) is 4.29. The van der Waals surface area contributed by atoms with Crippen LogP contribution in [-0.2, 0) is 4.79 Å². The van der Waals surface area contributed by atoms with Gasteiger partial charge in [-0.25, -0.2) is 9.59 Å². The maximum atomic E-state index is 12.2. The molecule has 2 N–H and O–H groups in total. The van der Waals surface area contributed by atoms with Crippen molar-refractivity contribution in [1.29, 1.82) is 0 Å². The van der Waals surface area contributed by atoms with E-state index in [-0.39, 0.29) is 12.1 Å². The first-order chi connectivity index (χ1) is 8.99. The molecule has 2 rings (SSSR count). The molecule has 0 spiro atoms. The first kappa shape index (κ1) is 14.1.